The van der Waals surface area contributed by atoms with Crippen LogP contribution in [0.3, 0.4) is 0 Å². The van der Waals surface area contributed by atoms with Crippen molar-refractivity contribution >= 4 is 32.7 Å². The minimum absolute atomic E-state index is 0.0199. The Bertz CT molecular complexity index is 2340. The number of anilines is 1. The van der Waals surface area contributed by atoms with Gasteiger partial charge >= 0.3 is 6.09 Å². The summed E-state index contributed by atoms with van der Waals surface area (Å²) in [7, 11) is -1.47. The lowest BCUT2D eigenvalue weighted by Crippen LogP contribution is -2.47. The standard InChI is InChI=1S/C46H56N6O6S/c1-33-29-39-41(50(5)49-43(39)38-18-19-42(56-31-35-13-8-6-9-14-35)48-44(38)57-32-36-15-10-7-11-16-36)30-40(33)51-24-20-34(21-25-51)17-12-28-59(54,55)52-26-22-37(23-27-52)47-45(53)58-46(2,3)4/h6-19,29-30,34,37H,20-28,31-32H2,1-5H3,(H,47,53)/b17-12+. The number of hydrogen-bond acceptors (Lipinski definition) is 9. The first-order valence-electron chi connectivity index (χ1n) is 20.5. The van der Waals surface area contributed by atoms with E-state index < -0.39 is 21.7 Å². The third-order valence-electron chi connectivity index (χ3n) is 10.9. The first kappa shape index (κ1) is 41.7. The Kier molecular flexibility index (Phi) is 12.9. The average molecular weight is 821 g/mol. The normalized spacial score (nSPS) is 16.1. The van der Waals surface area contributed by atoms with Gasteiger partial charge in [-0.25, -0.2) is 17.5 Å². The van der Waals surface area contributed by atoms with E-state index in [2.05, 4.69) is 35.3 Å². The number of fused-ring (bicyclic) bond motifs is 1. The van der Waals surface area contributed by atoms with Gasteiger partial charge in [-0.05, 0) is 94.2 Å². The fraction of sp³-hybridized carbons (Fsp3) is 0.413. The third kappa shape index (κ3) is 10.8. The predicted molar refractivity (Wildman–Crippen MR) is 232 cm³/mol. The minimum Gasteiger partial charge on any atom is -0.473 e. The van der Waals surface area contributed by atoms with Crippen LogP contribution in [0, 0.1) is 12.8 Å². The molecule has 0 aliphatic carbocycles. The summed E-state index contributed by atoms with van der Waals surface area (Å²) in [6.07, 6.45) is 6.42. The molecule has 1 N–H and O–H groups in total. The van der Waals surface area contributed by atoms with E-state index in [1.54, 1.807) is 4.31 Å². The van der Waals surface area contributed by atoms with E-state index in [0.29, 0.717) is 56.8 Å². The van der Waals surface area contributed by atoms with Gasteiger partial charge in [0.25, 0.3) is 0 Å². The Hall–Kier alpha value is -5.40. The second-order valence-corrected chi connectivity index (χ2v) is 18.5. The highest BCUT2D eigenvalue weighted by molar-refractivity contribution is 7.89. The van der Waals surface area contributed by atoms with Crippen LogP contribution in [-0.2, 0) is 35.0 Å². The van der Waals surface area contributed by atoms with Crippen molar-refractivity contribution in [2.45, 2.75) is 78.2 Å². The maximum atomic E-state index is 13.2. The molecule has 2 aliphatic heterocycles. The number of carbonyl (C=O) groups excluding carboxylic acids is 1. The number of aryl methyl sites for hydroxylation is 2. The summed E-state index contributed by atoms with van der Waals surface area (Å²) < 4.78 is 47.7. The van der Waals surface area contributed by atoms with Crippen LogP contribution >= 0.6 is 0 Å². The molecular weight excluding hydrogens is 765 g/mol. The molecule has 13 heteroatoms. The summed E-state index contributed by atoms with van der Waals surface area (Å²) in [4.78, 5) is 19.4. The highest BCUT2D eigenvalue weighted by Gasteiger charge is 2.29. The summed E-state index contributed by atoms with van der Waals surface area (Å²) in [5.74, 6) is 1.22. The van der Waals surface area contributed by atoms with E-state index in [1.165, 1.54) is 5.69 Å². The first-order chi connectivity index (χ1) is 28.3. The number of allylic oxidation sites excluding steroid dienone is 1. The zero-order chi connectivity index (χ0) is 41.6. The van der Waals surface area contributed by atoms with Crippen LogP contribution in [0.1, 0.15) is 63.1 Å². The lowest BCUT2D eigenvalue weighted by Gasteiger charge is -2.34. The minimum atomic E-state index is -3.44. The molecule has 5 aromatic rings. The molecule has 0 spiro atoms. The summed E-state index contributed by atoms with van der Waals surface area (Å²) in [6.45, 7) is 10.8. The molecule has 4 heterocycles. The van der Waals surface area contributed by atoms with Crippen LogP contribution in [0.15, 0.2) is 97.1 Å². The number of benzene rings is 3. The zero-order valence-electron chi connectivity index (χ0n) is 34.8. The quantitative estimate of drug-likeness (QED) is 0.117. The van der Waals surface area contributed by atoms with Gasteiger partial charge in [0.1, 0.15) is 24.5 Å². The monoisotopic (exact) mass is 820 g/mol. The number of aromatic nitrogens is 3. The van der Waals surface area contributed by atoms with Gasteiger partial charge in [0, 0.05) is 56.4 Å². The number of alkyl carbamates (subject to hydrolysis) is 1. The lowest BCUT2D eigenvalue weighted by atomic mass is 9.95. The number of piperidine rings is 2. The predicted octanol–water partition coefficient (Wildman–Crippen LogP) is 8.19. The number of rotatable bonds is 13. The van der Waals surface area contributed by atoms with Crippen LogP contribution in [0.4, 0.5) is 10.5 Å². The Morgan fingerprint density at radius 3 is 2.15 bits per heavy atom. The number of hydrogen-bond donors (Lipinski definition) is 1. The molecule has 59 heavy (non-hydrogen) atoms. The van der Waals surface area contributed by atoms with Crippen molar-refractivity contribution in [2.24, 2.45) is 13.0 Å². The van der Waals surface area contributed by atoms with Crippen molar-refractivity contribution in [2.75, 3.05) is 36.8 Å². The van der Waals surface area contributed by atoms with Crippen LogP contribution in [0.2, 0.25) is 0 Å². The molecule has 0 saturated carbocycles. The van der Waals surface area contributed by atoms with Crippen LogP contribution in [0.5, 0.6) is 11.8 Å². The lowest BCUT2D eigenvalue weighted by molar-refractivity contribution is 0.0489. The molecule has 2 saturated heterocycles. The number of nitrogens with one attached hydrogen (secondary N) is 1. The second-order valence-electron chi connectivity index (χ2n) is 16.5. The van der Waals surface area contributed by atoms with E-state index in [9.17, 15) is 13.2 Å². The van der Waals surface area contributed by atoms with Gasteiger partial charge in [-0.3, -0.25) is 4.68 Å². The largest absolute Gasteiger partial charge is 0.473 e. The molecule has 312 valence electrons. The number of sulfonamides is 1. The van der Waals surface area contributed by atoms with E-state index in [0.717, 1.165) is 64.8 Å². The Morgan fingerprint density at radius 2 is 1.51 bits per heavy atom. The number of pyridine rings is 1. The topological polar surface area (TPSA) is 128 Å². The Labute approximate surface area is 348 Å². The molecule has 0 radical (unpaired) electrons. The maximum absolute atomic E-state index is 13.2. The molecule has 2 aromatic heterocycles. The molecule has 0 bridgehead atoms. The molecule has 12 nitrogen and oxygen atoms in total. The number of amides is 1. The van der Waals surface area contributed by atoms with Crippen molar-refractivity contribution in [3.05, 3.63) is 114 Å². The fourth-order valence-corrected chi connectivity index (χ4v) is 9.08. The smallest absolute Gasteiger partial charge is 0.407 e. The van der Waals surface area contributed by atoms with Crippen molar-refractivity contribution < 1.29 is 27.4 Å². The van der Waals surface area contributed by atoms with E-state index in [4.69, 9.17) is 24.3 Å². The van der Waals surface area contributed by atoms with Crippen LogP contribution < -0.4 is 19.7 Å². The number of ether oxygens (including phenoxy) is 3. The van der Waals surface area contributed by atoms with Gasteiger partial charge in [-0.2, -0.15) is 10.1 Å². The second kappa shape index (κ2) is 18.3. The summed E-state index contributed by atoms with van der Waals surface area (Å²) >= 11 is 0. The SMILES string of the molecule is Cc1cc2c(-c3ccc(OCc4ccccc4)nc3OCc3ccccc3)nn(C)c2cc1N1CCC(/C=C/CS(=O)(=O)N2CCC(NC(=O)OC(C)(C)C)CC2)CC1. The molecule has 2 aliphatic rings. The zero-order valence-corrected chi connectivity index (χ0v) is 35.6. The number of carbonyl (C=O) groups is 1. The summed E-state index contributed by atoms with van der Waals surface area (Å²) in [5.41, 5.74) is 6.43. The Morgan fingerprint density at radius 1 is 0.864 bits per heavy atom. The highest BCUT2D eigenvalue weighted by atomic mass is 32.2. The van der Waals surface area contributed by atoms with Gasteiger partial charge in [0.15, 0.2) is 0 Å². The maximum Gasteiger partial charge on any atom is 0.407 e. The van der Waals surface area contributed by atoms with Gasteiger partial charge in [-0.1, -0.05) is 72.8 Å². The van der Waals surface area contributed by atoms with Gasteiger partial charge in [-0.15, -0.1) is 0 Å². The van der Waals surface area contributed by atoms with E-state index >= 15 is 0 Å². The van der Waals surface area contributed by atoms with E-state index in [1.807, 2.05) is 111 Å². The van der Waals surface area contributed by atoms with E-state index in [-0.39, 0.29) is 11.8 Å². The first-order valence-corrected chi connectivity index (χ1v) is 22.1. The van der Waals surface area contributed by atoms with Crippen LogP contribution in [-0.4, -0.2) is 77.2 Å². The van der Waals surface area contributed by atoms with Gasteiger partial charge < -0.3 is 24.4 Å². The van der Waals surface area contributed by atoms with Crippen molar-refractivity contribution in [3.8, 4) is 23.0 Å². The molecule has 2 fully saturated rings. The molecule has 3 aromatic carbocycles. The molecule has 7 rings (SSSR count). The number of nitrogens with zero attached hydrogens (tertiary/aromatic N) is 5. The average Bonchev–Trinajstić information content (AvgIpc) is 3.53. The summed E-state index contributed by atoms with van der Waals surface area (Å²) in [6, 6.07) is 28.2. The van der Waals surface area contributed by atoms with Crippen molar-refractivity contribution in [1.29, 1.82) is 0 Å². The highest BCUT2D eigenvalue weighted by Crippen LogP contribution is 2.38. The molecular formula is C46H56N6O6S. The fourth-order valence-electron chi connectivity index (χ4n) is 7.75. The van der Waals surface area contributed by atoms with Crippen molar-refractivity contribution in [1.82, 2.24) is 24.4 Å². The molecule has 0 atom stereocenters. The molecule has 1 amide bonds. The van der Waals surface area contributed by atoms with Crippen LogP contribution in [0.25, 0.3) is 22.2 Å². The Balaban J connectivity index is 0.985. The third-order valence-corrected chi connectivity index (χ3v) is 12.6. The van der Waals surface area contributed by atoms with Crippen molar-refractivity contribution in [3.63, 3.8) is 0 Å². The summed E-state index contributed by atoms with van der Waals surface area (Å²) in [5, 5.41) is 8.90. The van der Waals surface area contributed by atoms with Gasteiger partial charge in [0.05, 0.1) is 16.8 Å². The molecule has 0 unspecified atom stereocenters. The van der Waals surface area contributed by atoms with Gasteiger partial charge in [0.2, 0.25) is 21.8 Å².